The van der Waals surface area contributed by atoms with Crippen LogP contribution in [0.25, 0.3) is 22.5 Å². The number of ketones is 1. The molecule has 40 heavy (non-hydrogen) atoms. The average Bonchev–Trinajstić information content (AvgIpc) is 3.52. The predicted octanol–water partition coefficient (Wildman–Crippen LogP) is 4.69. The van der Waals surface area contributed by atoms with Gasteiger partial charge in [-0.05, 0) is 47.9 Å². The topological polar surface area (TPSA) is 146 Å². The number of aromatic nitrogens is 5. The zero-order chi connectivity index (χ0) is 28.5. The van der Waals surface area contributed by atoms with Crippen molar-refractivity contribution in [3.63, 3.8) is 0 Å². The summed E-state index contributed by atoms with van der Waals surface area (Å²) in [6.45, 7) is 5.77. The molecule has 0 fully saturated rings. The smallest absolute Gasteiger partial charge is 0.343 e. The molecule has 0 radical (unpaired) electrons. The minimum Gasteiger partial charge on any atom is -0.477 e. The lowest BCUT2D eigenvalue weighted by molar-refractivity contribution is 0.0517. The molecule has 0 aliphatic carbocycles. The molecule has 0 aliphatic rings. The lowest BCUT2D eigenvalue weighted by Gasteiger charge is -2.15. The van der Waals surface area contributed by atoms with Gasteiger partial charge in [0.1, 0.15) is 11.3 Å². The van der Waals surface area contributed by atoms with Gasteiger partial charge in [-0.25, -0.2) is 19.7 Å². The van der Waals surface area contributed by atoms with Crippen LogP contribution in [0.5, 0.6) is 5.88 Å². The summed E-state index contributed by atoms with van der Waals surface area (Å²) >= 11 is 0. The summed E-state index contributed by atoms with van der Waals surface area (Å²) in [5.74, 6) is -1.59. The Hall–Kier alpha value is -4.93. The van der Waals surface area contributed by atoms with E-state index in [0.29, 0.717) is 12.2 Å². The zero-order valence-corrected chi connectivity index (χ0v) is 22.5. The van der Waals surface area contributed by atoms with Crippen LogP contribution in [0.15, 0.2) is 54.6 Å². The number of rotatable bonds is 12. The Bertz CT molecular complexity index is 1490. The van der Waals surface area contributed by atoms with Crippen molar-refractivity contribution in [1.82, 2.24) is 25.6 Å². The number of ether oxygens (including phenoxy) is 3. The van der Waals surface area contributed by atoms with E-state index < -0.39 is 17.7 Å². The second-order valence-electron chi connectivity index (χ2n) is 8.58. The fourth-order valence-corrected chi connectivity index (χ4v) is 3.96. The monoisotopic (exact) mass is 543 g/mol. The first-order valence-electron chi connectivity index (χ1n) is 13.0. The van der Waals surface area contributed by atoms with Crippen LogP contribution in [-0.4, -0.2) is 63.2 Å². The summed E-state index contributed by atoms with van der Waals surface area (Å²) in [5, 5.41) is 14.1. The fourth-order valence-electron chi connectivity index (χ4n) is 3.96. The van der Waals surface area contributed by atoms with Crippen LogP contribution >= 0.6 is 0 Å². The average molecular weight is 544 g/mol. The number of aromatic amines is 1. The third kappa shape index (κ3) is 6.20. The van der Waals surface area contributed by atoms with Crippen LogP contribution in [0.4, 0.5) is 0 Å². The minimum atomic E-state index is -0.782. The number of pyridine rings is 1. The lowest BCUT2D eigenvalue weighted by Crippen LogP contribution is -2.19. The highest BCUT2D eigenvalue weighted by Crippen LogP contribution is 2.30. The third-order valence-electron chi connectivity index (χ3n) is 5.92. The van der Waals surface area contributed by atoms with Gasteiger partial charge in [-0.3, -0.25) is 4.79 Å². The number of nitrogens with one attached hydrogen (secondary N) is 1. The quantitative estimate of drug-likeness (QED) is 0.152. The molecule has 0 unspecified atom stereocenters. The van der Waals surface area contributed by atoms with Gasteiger partial charge in [-0.1, -0.05) is 61.9 Å². The molecule has 11 heteroatoms. The van der Waals surface area contributed by atoms with E-state index in [0.717, 1.165) is 23.1 Å². The lowest BCUT2D eigenvalue weighted by atomic mass is 9.96. The second kappa shape index (κ2) is 13.2. The number of esters is 2. The van der Waals surface area contributed by atoms with Gasteiger partial charge in [0.25, 0.3) is 0 Å². The van der Waals surface area contributed by atoms with Crippen molar-refractivity contribution < 1.29 is 28.6 Å². The Balaban J connectivity index is 1.75. The Kier molecular flexibility index (Phi) is 9.29. The van der Waals surface area contributed by atoms with Gasteiger partial charge < -0.3 is 14.2 Å². The van der Waals surface area contributed by atoms with Crippen LogP contribution in [-0.2, 0) is 9.47 Å². The van der Waals surface area contributed by atoms with Crippen molar-refractivity contribution in [2.75, 3.05) is 19.8 Å². The molecule has 4 rings (SSSR count). The molecule has 11 nitrogen and oxygen atoms in total. The molecular formula is C29H29N5O6. The summed E-state index contributed by atoms with van der Waals surface area (Å²) < 4.78 is 16.1. The van der Waals surface area contributed by atoms with E-state index in [-0.39, 0.29) is 48.1 Å². The van der Waals surface area contributed by atoms with Crippen molar-refractivity contribution in [3.05, 3.63) is 77.0 Å². The van der Waals surface area contributed by atoms with Gasteiger partial charge in [0.2, 0.25) is 11.7 Å². The molecular weight excluding hydrogens is 514 g/mol. The van der Waals surface area contributed by atoms with Crippen LogP contribution < -0.4 is 4.74 Å². The third-order valence-corrected chi connectivity index (χ3v) is 5.92. The largest absolute Gasteiger partial charge is 0.477 e. The standard InChI is InChI=1S/C29H29N5O6/c1-4-7-16-40-27-23(29(37)39-6-3)17-22(28(36)38-5-2)24(30-27)25(35)19-14-12-18(13-15-19)20-10-8-9-11-21(20)26-31-33-34-32-26/h8-15,17H,4-7,16H2,1-3H3,(H,31,32,33,34). The van der Waals surface area contributed by atoms with Gasteiger partial charge in [0.15, 0.2) is 5.82 Å². The minimum absolute atomic E-state index is 0.0496. The molecule has 0 spiro atoms. The first kappa shape index (κ1) is 28.1. The fraction of sp³-hybridized carbons (Fsp3) is 0.276. The maximum atomic E-state index is 13.7. The summed E-state index contributed by atoms with van der Waals surface area (Å²) in [7, 11) is 0. The highest BCUT2D eigenvalue weighted by Gasteiger charge is 2.28. The van der Waals surface area contributed by atoms with Crippen molar-refractivity contribution in [2.24, 2.45) is 0 Å². The molecule has 2 aromatic heterocycles. The van der Waals surface area contributed by atoms with Crippen LogP contribution in [0, 0.1) is 0 Å². The summed E-state index contributed by atoms with van der Waals surface area (Å²) in [5.41, 5.74) is 2.37. The highest BCUT2D eigenvalue weighted by atomic mass is 16.5. The first-order chi connectivity index (χ1) is 19.5. The van der Waals surface area contributed by atoms with Crippen LogP contribution in [0.1, 0.15) is 70.4 Å². The van der Waals surface area contributed by atoms with E-state index in [2.05, 4.69) is 25.6 Å². The summed E-state index contributed by atoms with van der Waals surface area (Å²) in [6, 6.07) is 15.7. The molecule has 2 heterocycles. The van der Waals surface area contributed by atoms with Gasteiger partial charge in [0, 0.05) is 11.1 Å². The van der Waals surface area contributed by atoms with Crippen molar-refractivity contribution in [2.45, 2.75) is 33.6 Å². The second-order valence-corrected chi connectivity index (χ2v) is 8.58. The molecule has 0 amide bonds. The van der Waals surface area contributed by atoms with E-state index in [1.165, 1.54) is 6.07 Å². The summed E-state index contributed by atoms with van der Waals surface area (Å²) in [4.78, 5) is 43.6. The van der Waals surface area contributed by atoms with Gasteiger partial charge in [0.05, 0.1) is 25.4 Å². The Morgan fingerprint density at radius 1 is 0.850 bits per heavy atom. The summed E-state index contributed by atoms with van der Waals surface area (Å²) in [6.07, 6.45) is 1.56. The SMILES string of the molecule is CCCCOc1nc(C(=O)c2ccc(-c3ccccc3-c3nnn[nH]3)cc2)c(C(=O)OCC)cc1C(=O)OCC. The molecule has 0 saturated carbocycles. The molecule has 206 valence electrons. The number of unbranched alkanes of at least 4 members (excludes halogenated alkanes) is 1. The normalized spacial score (nSPS) is 10.7. The van der Waals surface area contributed by atoms with Crippen molar-refractivity contribution in [1.29, 1.82) is 0 Å². The highest BCUT2D eigenvalue weighted by molar-refractivity contribution is 6.14. The number of tetrazole rings is 1. The van der Waals surface area contributed by atoms with Gasteiger partial charge in [-0.15, -0.1) is 5.10 Å². The molecule has 1 N–H and O–H groups in total. The van der Waals surface area contributed by atoms with E-state index in [9.17, 15) is 14.4 Å². The number of nitrogens with zero attached hydrogens (tertiary/aromatic N) is 4. The number of H-pyrrole nitrogens is 1. The predicted molar refractivity (Wildman–Crippen MR) is 145 cm³/mol. The van der Waals surface area contributed by atoms with Gasteiger partial charge in [-0.2, -0.15) is 0 Å². The molecule has 0 bridgehead atoms. The molecule has 4 aromatic rings. The van der Waals surface area contributed by atoms with Gasteiger partial charge >= 0.3 is 11.9 Å². The zero-order valence-electron chi connectivity index (χ0n) is 22.5. The molecule has 0 aliphatic heterocycles. The van der Waals surface area contributed by atoms with E-state index in [1.807, 2.05) is 31.2 Å². The van der Waals surface area contributed by atoms with E-state index in [1.54, 1.807) is 38.1 Å². The molecule has 2 aromatic carbocycles. The number of hydrogen-bond acceptors (Lipinski definition) is 10. The number of carbonyl (C=O) groups excluding carboxylic acids is 3. The molecule has 0 saturated heterocycles. The van der Waals surface area contributed by atoms with Crippen molar-refractivity contribution >= 4 is 17.7 Å². The molecule has 0 atom stereocenters. The van der Waals surface area contributed by atoms with E-state index in [4.69, 9.17) is 14.2 Å². The van der Waals surface area contributed by atoms with Crippen LogP contribution in [0.2, 0.25) is 0 Å². The van der Waals surface area contributed by atoms with Crippen LogP contribution in [0.3, 0.4) is 0 Å². The van der Waals surface area contributed by atoms with Crippen molar-refractivity contribution in [3.8, 4) is 28.4 Å². The Morgan fingerprint density at radius 3 is 2.15 bits per heavy atom. The Labute approximate surface area is 230 Å². The maximum absolute atomic E-state index is 13.7. The first-order valence-corrected chi connectivity index (χ1v) is 13.0. The maximum Gasteiger partial charge on any atom is 0.343 e. The number of benzene rings is 2. The number of carbonyl (C=O) groups is 3. The number of hydrogen-bond donors (Lipinski definition) is 1. The Morgan fingerprint density at radius 2 is 1.52 bits per heavy atom. The van der Waals surface area contributed by atoms with E-state index >= 15 is 0 Å².